The molecule has 4 rings (SSSR count). The lowest BCUT2D eigenvalue weighted by molar-refractivity contribution is -0.384. The Labute approximate surface area is 238 Å². The molecule has 0 saturated heterocycles. The van der Waals surface area contributed by atoms with Gasteiger partial charge >= 0.3 is 0 Å². The van der Waals surface area contributed by atoms with Gasteiger partial charge in [-0.3, -0.25) is 19.7 Å². The van der Waals surface area contributed by atoms with Crippen LogP contribution in [0.4, 0.5) is 10.1 Å². The van der Waals surface area contributed by atoms with Gasteiger partial charge in [-0.1, -0.05) is 79.9 Å². The highest BCUT2D eigenvalue weighted by Gasteiger charge is 2.32. The molecule has 1 saturated carbocycles. The summed E-state index contributed by atoms with van der Waals surface area (Å²) in [5.41, 5.74) is 2.12. The highest BCUT2D eigenvalue weighted by Crippen LogP contribution is 2.22. The number of rotatable bonds is 12. The Morgan fingerprint density at radius 2 is 1.62 bits per heavy atom. The zero-order valence-electron chi connectivity index (χ0n) is 22.3. The van der Waals surface area contributed by atoms with Crippen LogP contribution in [-0.4, -0.2) is 39.5 Å². The van der Waals surface area contributed by atoms with E-state index in [1.54, 1.807) is 30.3 Å². The first-order chi connectivity index (χ1) is 19.4. The molecular weight excluding hydrogens is 529 g/mol. The minimum Gasteiger partial charge on any atom is -0.352 e. The van der Waals surface area contributed by atoms with Gasteiger partial charge in [0.2, 0.25) is 11.8 Å². The van der Waals surface area contributed by atoms with Crippen LogP contribution in [0.1, 0.15) is 48.8 Å². The Morgan fingerprint density at radius 1 is 0.950 bits per heavy atom. The second-order valence-electron chi connectivity index (χ2n) is 10.1. The number of amides is 2. The van der Waals surface area contributed by atoms with Crippen molar-refractivity contribution in [1.29, 1.82) is 0 Å². The van der Waals surface area contributed by atoms with Crippen LogP contribution in [0.2, 0.25) is 0 Å². The average Bonchev–Trinajstić information content (AvgIpc) is 2.97. The molecule has 2 amide bonds. The predicted molar refractivity (Wildman–Crippen MR) is 155 cm³/mol. The summed E-state index contributed by atoms with van der Waals surface area (Å²) in [6.07, 6.45) is 5.42. The van der Waals surface area contributed by atoms with E-state index in [4.69, 9.17) is 0 Å². The maximum Gasteiger partial charge on any atom is 0.269 e. The number of halogens is 1. The van der Waals surface area contributed by atoms with Gasteiger partial charge in [-0.25, -0.2) is 4.39 Å². The summed E-state index contributed by atoms with van der Waals surface area (Å²) in [5, 5.41) is 14.1. The molecule has 0 bridgehead atoms. The van der Waals surface area contributed by atoms with Gasteiger partial charge in [0, 0.05) is 42.5 Å². The lowest BCUT2D eigenvalue weighted by atomic mass is 9.94. The second kappa shape index (κ2) is 14.6. The van der Waals surface area contributed by atoms with E-state index in [2.05, 4.69) is 5.32 Å². The first-order valence-electron chi connectivity index (χ1n) is 13.6. The van der Waals surface area contributed by atoms with E-state index in [-0.39, 0.29) is 35.8 Å². The van der Waals surface area contributed by atoms with E-state index < -0.39 is 16.8 Å². The van der Waals surface area contributed by atoms with Crippen LogP contribution in [0.25, 0.3) is 0 Å². The van der Waals surface area contributed by atoms with Crippen LogP contribution in [0, 0.1) is 15.9 Å². The summed E-state index contributed by atoms with van der Waals surface area (Å²) in [5.74, 6) is -0.372. The largest absolute Gasteiger partial charge is 0.352 e. The van der Waals surface area contributed by atoms with Crippen molar-refractivity contribution < 1.29 is 18.9 Å². The number of carbonyl (C=O) groups is 2. The van der Waals surface area contributed by atoms with Crippen LogP contribution >= 0.6 is 11.8 Å². The van der Waals surface area contributed by atoms with E-state index in [0.29, 0.717) is 17.7 Å². The van der Waals surface area contributed by atoms with E-state index in [0.717, 1.165) is 43.2 Å². The molecular formula is C31H34FN3O4S. The molecule has 0 aliphatic heterocycles. The highest BCUT2D eigenvalue weighted by molar-refractivity contribution is 7.99. The zero-order chi connectivity index (χ0) is 28.3. The van der Waals surface area contributed by atoms with Gasteiger partial charge in [0.15, 0.2) is 0 Å². The smallest absolute Gasteiger partial charge is 0.269 e. The van der Waals surface area contributed by atoms with Gasteiger partial charge in [0.25, 0.3) is 5.69 Å². The van der Waals surface area contributed by atoms with Crippen LogP contribution in [0.3, 0.4) is 0 Å². The number of benzene rings is 3. The molecule has 210 valence electrons. The Bertz CT molecular complexity index is 1280. The van der Waals surface area contributed by atoms with Crippen molar-refractivity contribution in [2.75, 3.05) is 5.75 Å². The first kappa shape index (κ1) is 29.3. The van der Waals surface area contributed by atoms with Crippen LogP contribution in [0.15, 0.2) is 78.9 Å². The van der Waals surface area contributed by atoms with Crippen LogP contribution in [0.5, 0.6) is 0 Å². The third kappa shape index (κ3) is 8.39. The van der Waals surface area contributed by atoms with Crippen molar-refractivity contribution in [2.45, 2.75) is 62.9 Å². The Hall–Kier alpha value is -3.72. The Balaban J connectivity index is 1.55. The lowest BCUT2D eigenvalue weighted by Crippen LogP contribution is -2.53. The molecule has 1 N–H and O–H groups in total. The number of thioether (sulfide) groups is 1. The SMILES string of the molecule is O=C(NC1CCCCC1)C(Cc1ccccc1)N(Cc1ccccc1F)C(=O)CSCc1ccc([N+](=O)[O-])cc1. The molecule has 0 heterocycles. The number of non-ortho nitro benzene ring substituents is 1. The summed E-state index contributed by atoms with van der Waals surface area (Å²) in [6, 6.07) is 21.3. The standard InChI is InChI=1S/C31H34FN3O4S/c32-28-14-8-7-11-25(28)20-34(30(36)22-40-21-24-15-17-27(18-16-24)35(38)39)29(19-23-9-3-1-4-10-23)31(37)33-26-12-5-2-6-13-26/h1,3-4,7-11,14-18,26,29H,2,5-6,12-13,19-22H2,(H,33,37). The molecule has 1 fully saturated rings. The number of nitrogens with one attached hydrogen (secondary N) is 1. The van der Waals surface area contributed by atoms with E-state index in [9.17, 15) is 24.1 Å². The Morgan fingerprint density at radius 3 is 2.30 bits per heavy atom. The minimum absolute atomic E-state index is 0.00798. The molecule has 1 atom stereocenters. The number of carbonyl (C=O) groups excluding carboxylic acids is 2. The van der Waals surface area contributed by atoms with Gasteiger partial charge in [0.1, 0.15) is 11.9 Å². The first-order valence-corrected chi connectivity index (χ1v) is 14.7. The second-order valence-corrected chi connectivity index (χ2v) is 11.1. The molecule has 1 aliphatic rings. The van der Waals surface area contributed by atoms with Gasteiger partial charge < -0.3 is 10.2 Å². The van der Waals surface area contributed by atoms with Gasteiger partial charge in [-0.05, 0) is 30.0 Å². The van der Waals surface area contributed by atoms with Crippen molar-refractivity contribution >= 4 is 29.3 Å². The normalized spacial score (nSPS) is 14.3. The number of nitro benzene ring substituents is 1. The third-order valence-corrected chi connectivity index (χ3v) is 8.15. The fourth-order valence-electron chi connectivity index (χ4n) is 4.96. The molecule has 1 aliphatic carbocycles. The molecule has 40 heavy (non-hydrogen) atoms. The van der Waals surface area contributed by atoms with Crippen molar-refractivity contribution in [2.24, 2.45) is 0 Å². The molecule has 7 nitrogen and oxygen atoms in total. The molecule has 3 aromatic rings. The number of nitrogens with zero attached hydrogens (tertiary/aromatic N) is 2. The zero-order valence-corrected chi connectivity index (χ0v) is 23.2. The number of hydrogen-bond acceptors (Lipinski definition) is 5. The van der Waals surface area contributed by atoms with E-state index in [1.807, 2.05) is 30.3 Å². The maximum absolute atomic E-state index is 14.7. The summed E-state index contributed by atoms with van der Waals surface area (Å²) in [7, 11) is 0. The number of hydrogen-bond donors (Lipinski definition) is 1. The van der Waals surface area contributed by atoms with Crippen molar-refractivity contribution in [3.8, 4) is 0 Å². The molecule has 9 heteroatoms. The summed E-state index contributed by atoms with van der Waals surface area (Å²) in [6.45, 7) is -0.0286. The van der Waals surface area contributed by atoms with E-state index >= 15 is 0 Å². The Kier molecular flexibility index (Phi) is 10.7. The maximum atomic E-state index is 14.7. The average molecular weight is 564 g/mol. The van der Waals surface area contributed by atoms with Crippen molar-refractivity contribution in [1.82, 2.24) is 10.2 Å². The molecule has 1 unspecified atom stereocenters. The van der Waals surface area contributed by atoms with Crippen LogP contribution in [-0.2, 0) is 28.3 Å². The number of nitro groups is 1. The minimum atomic E-state index is -0.809. The molecule has 0 aromatic heterocycles. The summed E-state index contributed by atoms with van der Waals surface area (Å²) in [4.78, 5) is 39.5. The van der Waals surface area contributed by atoms with Gasteiger partial charge in [0.05, 0.1) is 10.7 Å². The van der Waals surface area contributed by atoms with Gasteiger partial charge in [-0.15, -0.1) is 11.8 Å². The molecule has 3 aromatic carbocycles. The quantitative estimate of drug-likeness (QED) is 0.214. The monoisotopic (exact) mass is 563 g/mol. The fraction of sp³-hybridized carbons (Fsp3) is 0.355. The fourth-order valence-corrected chi connectivity index (χ4v) is 5.83. The highest BCUT2D eigenvalue weighted by atomic mass is 32.2. The third-order valence-electron chi connectivity index (χ3n) is 7.16. The lowest BCUT2D eigenvalue weighted by Gasteiger charge is -2.33. The van der Waals surface area contributed by atoms with Crippen molar-refractivity contribution in [3.63, 3.8) is 0 Å². The summed E-state index contributed by atoms with van der Waals surface area (Å²) < 4.78 is 14.7. The predicted octanol–water partition coefficient (Wildman–Crippen LogP) is 6.06. The molecule has 0 radical (unpaired) electrons. The van der Waals surface area contributed by atoms with Crippen molar-refractivity contribution in [3.05, 3.63) is 111 Å². The molecule has 0 spiro atoms. The van der Waals surface area contributed by atoms with Gasteiger partial charge in [-0.2, -0.15) is 0 Å². The van der Waals surface area contributed by atoms with E-state index in [1.165, 1.54) is 34.9 Å². The topological polar surface area (TPSA) is 92.6 Å². The summed E-state index contributed by atoms with van der Waals surface area (Å²) >= 11 is 1.36. The van der Waals surface area contributed by atoms with Crippen LogP contribution < -0.4 is 5.32 Å².